The number of piperazine rings is 1. The molecule has 3 heteroatoms. The molecule has 108 valence electrons. The zero-order valence-corrected chi connectivity index (χ0v) is 12.9. The summed E-state index contributed by atoms with van der Waals surface area (Å²) in [6.07, 6.45) is 8.18. The lowest BCUT2D eigenvalue weighted by molar-refractivity contribution is -1.02. The molecular formula is C16H29ClN2+2. The average molecular weight is 285 g/mol. The smallest absolute Gasteiger partial charge is 0.129 e. The van der Waals surface area contributed by atoms with Gasteiger partial charge in [0.05, 0.1) is 26.2 Å². The molecule has 0 spiro atoms. The predicted octanol–water partition coefficient (Wildman–Crippen LogP) is 2.80. The van der Waals surface area contributed by atoms with E-state index in [0.717, 1.165) is 35.1 Å². The maximum Gasteiger partial charge on any atom is 0.129 e. The van der Waals surface area contributed by atoms with Crippen LogP contribution in [0.4, 0.5) is 0 Å². The van der Waals surface area contributed by atoms with Crippen LogP contribution < -0.4 is 0 Å². The molecule has 0 N–H and O–H groups in total. The largest absolute Gasteiger partial charge is 0.308 e. The fourth-order valence-electron chi connectivity index (χ4n) is 3.05. The molecule has 0 radical (unpaired) electrons. The standard InChI is InChI=1S/C16H28N2.ClH/c1-5-9-17(10-6-2)13-15-18(11-7-3,12-8-4)16-14-17;/h5-8H,1-4,9-16H2;1H/q+2;. The fraction of sp³-hybridized carbons (Fsp3) is 0.500. The molecule has 0 aliphatic carbocycles. The monoisotopic (exact) mass is 284 g/mol. The first-order valence-electron chi connectivity index (χ1n) is 6.80. The van der Waals surface area contributed by atoms with E-state index < -0.39 is 0 Å². The number of hydrogen-bond donors (Lipinski definition) is 0. The van der Waals surface area contributed by atoms with Crippen LogP contribution in [-0.4, -0.2) is 61.3 Å². The zero-order chi connectivity index (χ0) is 13.5. The summed E-state index contributed by atoms with van der Waals surface area (Å²) in [6, 6.07) is 0. The van der Waals surface area contributed by atoms with E-state index >= 15 is 0 Å². The Hall–Kier alpha value is -0.830. The first kappa shape index (κ1) is 18.2. The highest BCUT2D eigenvalue weighted by atomic mass is 35.5. The molecule has 2 nitrogen and oxygen atoms in total. The van der Waals surface area contributed by atoms with Crippen LogP contribution in [0.5, 0.6) is 0 Å². The van der Waals surface area contributed by atoms with E-state index in [1.54, 1.807) is 0 Å². The fourth-order valence-corrected chi connectivity index (χ4v) is 3.05. The van der Waals surface area contributed by atoms with E-state index in [2.05, 4.69) is 26.3 Å². The third-order valence-corrected chi connectivity index (χ3v) is 4.16. The van der Waals surface area contributed by atoms with Gasteiger partial charge in [-0.05, 0) is 24.3 Å². The predicted molar refractivity (Wildman–Crippen MR) is 87.5 cm³/mol. The van der Waals surface area contributed by atoms with Gasteiger partial charge in [-0.15, -0.1) is 12.4 Å². The second-order valence-corrected chi connectivity index (χ2v) is 5.46. The Kier molecular flexibility index (Phi) is 8.00. The number of nitrogens with zero attached hydrogens (tertiary/aromatic N) is 2. The highest BCUT2D eigenvalue weighted by Gasteiger charge is 2.39. The lowest BCUT2D eigenvalue weighted by atomic mass is 10.1. The van der Waals surface area contributed by atoms with E-state index in [-0.39, 0.29) is 12.4 Å². The molecule has 1 rings (SSSR count). The summed E-state index contributed by atoms with van der Waals surface area (Å²) in [4.78, 5) is 0. The maximum absolute atomic E-state index is 3.90. The first-order chi connectivity index (χ1) is 8.66. The van der Waals surface area contributed by atoms with Crippen molar-refractivity contribution in [2.24, 2.45) is 0 Å². The van der Waals surface area contributed by atoms with Crippen LogP contribution in [0.3, 0.4) is 0 Å². The van der Waals surface area contributed by atoms with Crippen LogP contribution in [0.2, 0.25) is 0 Å². The van der Waals surface area contributed by atoms with Gasteiger partial charge in [0.25, 0.3) is 0 Å². The Labute approximate surface area is 125 Å². The summed E-state index contributed by atoms with van der Waals surface area (Å²) in [5, 5.41) is 0. The Bertz CT molecular complexity index is 259. The quantitative estimate of drug-likeness (QED) is 0.475. The zero-order valence-electron chi connectivity index (χ0n) is 12.1. The maximum atomic E-state index is 3.90. The highest BCUT2D eigenvalue weighted by molar-refractivity contribution is 5.85. The molecule has 0 saturated carbocycles. The molecule has 0 aromatic rings. The van der Waals surface area contributed by atoms with Crippen molar-refractivity contribution in [3.8, 4) is 0 Å². The van der Waals surface area contributed by atoms with Gasteiger partial charge in [0.2, 0.25) is 0 Å². The van der Waals surface area contributed by atoms with E-state index in [1.807, 2.05) is 24.3 Å². The molecule has 1 aliphatic heterocycles. The molecule has 1 aliphatic rings. The van der Waals surface area contributed by atoms with Gasteiger partial charge in [-0.1, -0.05) is 26.3 Å². The van der Waals surface area contributed by atoms with Crippen molar-refractivity contribution >= 4 is 12.4 Å². The van der Waals surface area contributed by atoms with Gasteiger partial charge in [-0.3, -0.25) is 0 Å². The minimum atomic E-state index is 0. The summed E-state index contributed by atoms with van der Waals surface area (Å²) < 4.78 is 2.22. The van der Waals surface area contributed by atoms with Crippen molar-refractivity contribution in [3.63, 3.8) is 0 Å². The van der Waals surface area contributed by atoms with Crippen LogP contribution in [0.1, 0.15) is 0 Å². The average Bonchev–Trinajstić information content (AvgIpc) is 2.35. The summed E-state index contributed by atoms with van der Waals surface area (Å²) in [5.41, 5.74) is 0. The molecule has 0 bridgehead atoms. The molecule has 0 aromatic carbocycles. The minimum Gasteiger partial charge on any atom is -0.308 e. The molecule has 0 amide bonds. The van der Waals surface area contributed by atoms with Crippen LogP contribution in [0.25, 0.3) is 0 Å². The number of rotatable bonds is 8. The molecular weight excluding hydrogens is 256 g/mol. The van der Waals surface area contributed by atoms with Gasteiger partial charge < -0.3 is 8.97 Å². The third kappa shape index (κ3) is 4.64. The van der Waals surface area contributed by atoms with Crippen molar-refractivity contribution in [3.05, 3.63) is 50.6 Å². The van der Waals surface area contributed by atoms with E-state index in [9.17, 15) is 0 Å². The van der Waals surface area contributed by atoms with Crippen LogP contribution in [-0.2, 0) is 0 Å². The number of hydrogen-bond acceptors (Lipinski definition) is 0. The summed E-state index contributed by atoms with van der Waals surface area (Å²) in [5.74, 6) is 0. The summed E-state index contributed by atoms with van der Waals surface area (Å²) in [6.45, 7) is 24.6. The second-order valence-electron chi connectivity index (χ2n) is 5.46. The van der Waals surface area contributed by atoms with Gasteiger partial charge in [0.1, 0.15) is 26.2 Å². The minimum absolute atomic E-state index is 0. The second kappa shape index (κ2) is 8.36. The Morgan fingerprint density at radius 3 is 0.947 bits per heavy atom. The van der Waals surface area contributed by atoms with Crippen molar-refractivity contribution in [2.75, 3.05) is 52.4 Å². The third-order valence-electron chi connectivity index (χ3n) is 4.16. The molecule has 1 fully saturated rings. The lowest BCUT2D eigenvalue weighted by Crippen LogP contribution is -2.66. The van der Waals surface area contributed by atoms with Gasteiger partial charge >= 0.3 is 0 Å². The number of quaternary nitrogens is 2. The summed E-state index contributed by atoms with van der Waals surface area (Å²) in [7, 11) is 0. The van der Waals surface area contributed by atoms with E-state index in [1.165, 1.54) is 26.2 Å². The SMILES string of the molecule is C=CC[N+]1(CC=C)CC[N+](CC=C)(CC=C)CC1.Cl. The van der Waals surface area contributed by atoms with Crippen LogP contribution in [0.15, 0.2) is 50.6 Å². The van der Waals surface area contributed by atoms with Crippen molar-refractivity contribution in [1.82, 2.24) is 0 Å². The topological polar surface area (TPSA) is 0 Å². The Balaban J connectivity index is 0.00000324. The molecule has 19 heavy (non-hydrogen) atoms. The van der Waals surface area contributed by atoms with E-state index in [0.29, 0.717) is 0 Å². The summed E-state index contributed by atoms with van der Waals surface area (Å²) >= 11 is 0. The highest BCUT2D eigenvalue weighted by Crippen LogP contribution is 2.20. The molecule has 0 unspecified atom stereocenters. The molecule has 1 saturated heterocycles. The van der Waals surface area contributed by atoms with Gasteiger partial charge in [0, 0.05) is 0 Å². The molecule has 0 aromatic heterocycles. The molecule has 1 heterocycles. The van der Waals surface area contributed by atoms with Crippen molar-refractivity contribution < 1.29 is 8.97 Å². The normalized spacial score (nSPS) is 19.8. The lowest BCUT2D eigenvalue weighted by Gasteiger charge is -2.48. The van der Waals surface area contributed by atoms with Crippen LogP contribution in [0, 0.1) is 0 Å². The number of halogens is 1. The van der Waals surface area contributed by atoms with Crippen molar-refractivity contribution in [2.45, 2.75) is 0 Å². The van der Waals surface area contributed by atoms with Gasteiger partial charge in [-0.25, -0.2) is 0 Å². The van der Waals surface area contributed by atoms with Crippen molar-refractivity contribution in [1.29, 1.82) is 0 Å². The Morgan fingerprint density at radius 1 is 0.579 bits per heavy atom. The first-order valence-corrected chi connectivity index (χ1v) is 6.80. The Morgan fingerprint density at radius 2 is 0.789 bits per heavy atom. The van der Waals surface area contributed by atoms with Crippen LogP contribution >= 0.6 is 12.4 Å². The van der Waals surface area contributed by atoms with Gasteiger partial charge in [-0.2, -0.15) is 0 Å². The van der Waals surface area contributed by atoms with Gasteiger partial charge in [0.15, 0.2) is 0 Å². The van der Waals surface area contributed by atoms with E-state index in [4.69, 9.17) is 0 Å². The molecule has 0 atom stereocenters.